The SMILES string of the molecule is CCC(=O)OC(C)CC(C)C.Oc1ccc(F)cc1. The van der Waals surface area contributed by atoms with Gasteiger partial charge >= 0.3 is 5.97 Å². The van der Waals surface area contributed by atoms with Crippen molar-refractivity contribution in [1.82, 2.24) is 0 Å². The van der Waals surface area contributed by atoms with E-state index in [0.717, 1.165) is 6.42 Å². The van der Waals surface area contributed by atoms with Crippen molar-refractivity contribution >= 4 is 5.97 Å². The highest BCUT2D eigenvalue weighted by atomic mass is 19.1. The lowest BCUT2D eigenvalue weighted by molar-refractivity contribution is -0.148. The molecule has 0 bridgehead atoms. The van der Waals surface area contributed by atoms with Crippen molar-refractivity contribution in [3.05, 3.63) is 30.1 Å². The van der Waals surface area contributed by atoms with Gasteiger partial charge in [-0.05, 0) is 43.5 Å². The lowest BCUT2D eigenvalue weighted by Gasteiger charge is -2.14. The molecule has 0 aliphatic heterocycles. The standard InChI is InChI=1S/C9H18O2.C6H5FO/c1-5-9(10)11-8(4)6-7(2)3;7-5-1-3-6(8)4-2-5/h7-8H,5-6H2,1-4H3;1-4,8H. The highest BCUT2D eigenvalue weighted by molar-refractivity contribution is 5.69. The minimum Gasteiger partial charge on any atom is -0.508 e. The summed E-state index contributed by atoms with van der Waals surface area (Å²) in [5, 5.41) is 8.59. The van der Waals surface area contributed by atoms with Crippen LogP contribution in [0.2, 0.25) is 0 Å². The first kappa shape index (κ1) is 17.4. The van der Waals surface area contributed by atoms with Crippen LogP contribution < -0.4 is 0 Å². The van der Waals surface area contributed by atoms with Gasteiger partial charge in [0, 0.05) is 6.42 Å². The van der Waals surface area contributed by atoms with Gasteiger partial charge in [-0.1, -0.05) is 20.8 Å². The van der Waals surface area contributed by atoms with Gasteiger partial charge in [-0.25, -0.2) is 4.39 Å². The van der Waals surface area contributed by atoms with Crippen molar-refractivity contribution in [3.63, 3.8) is 0 Å². The molecule has 19 heavy (non-hydrogen) atoms. The summed E-state index contributed by atoms with van der Waals surface area (Å²) in [6.07, 6.45) is 1.50. The van der Waals surface area contributed by atoms with Gasteiger partial charge < -0.3 is 9.84 Å². The Kier molecular flexibility index (Phi) is 8.58. The van der Waals surface area contributed by atoms with E-state index in [4.69, 9.17) is 9.84 Å². The number of carbonyl (C=O) groups excluding carboxylic acids is 1. The molecule has 1 aromatic carbocycles. The molecule has 1 N–H and O–H groups in total. The third-order valence-corrected chi connectivity index (χ3v) is 2.25. The van der Waals surface area contributed by atoms with Crippen molar-refractivity contribution in [2.45, 2.75) is 46.6 Å². The third kappa shape index (κ3) is 10.1. The van der Waals surface area contributed by atoms with E-state index >= 15 is 0 Å². The second kappa shape index (κ2) is 9.36. The molecule has 0 saturated heterocycles. The Morgan fingerprint density at radius 3 is 2.16 bits per heavy atom. The number of hydrogen-bond acceptors (Lipinski definition) is 3. The van der Waals surface area contributed by atoms with Crippen molar-refractivity contribution in [1.29, 1.82) is 0 Å². The van der Waals surface area contributed by atoms with E-state index in [1.807, 2.05) is 13.8 Å². The fourth-order valence-corrected chi connectivity index (χ4v) is 1.46. The first-order valence-corrected chi connectivity index (χ1v) is 6.49. The Balaban J connectivity index is 0.000000356. The van der Waals surface area contributed by atoms with E-state index in [2.05, 4.69) is 13.8 Å². The summed E-state index contributed by atoms with van der Waals surface area (Å²) in [6, 6.07) is 5.01. The molecule has 1 atom stereocenters. The van der Waals surface area contributed by atoms with E-state index in [9.17, 15) is 9.18 Å². The summed E-state index contributed by atoms with van der Waals surface area (Å²) in [6.45, 7) is 7.99. The molecule has 0 aliphatic rings. The minimum atomic E-state index is -0.331. The molecule has 108 valence electrons. The first-order valence-electron chi connectivity index (χ1n) is 6.49. The van der Waals surface area contributed by atoms with Crippen molar-refractivity contribution in [3.8, 4) is 5.75 Å². The molecule has 0 saturated carbocycles. The summed E-state index contributed by atoms with van der Waals surface area (Å²) in [7, 11) is 0. The Hall–Kier alpha value is -1.58. The Labute approximate surface area is 114 Å². The topological polar surface area (TPSA) is 46.5 Å². The fourth-order valence-electron chi connectivity index (χ4n) is 1.46. The number of halogens is 1. The monoisotopic (exact) mass is 270 g/mol. The molecule has 0 aromatic heterocycles. The van der Waals surface area contributed by atoms with E-state index in [0.29, 0.717) is 12.3 Å². The quantitative estimate of drug-likeness (QED) is 0.844. The van der Waals surface area contributed by atoms with E-state index in [1.54, 1.807) is 0 Å². The summed E-state index contributed by atoms with van der Waals surface area (Å²) in [4.78, 5) is 10.8. The van der Waals surface area contributed by atoms with E-state index < -0.39 is 0 Å². The van der Waals surface area contributed by atoms with Gasteiger partial charge in [-0.2, -0.15) is 0 Å². The number of benzene rings is 1. The molecule has 0 spiro atoms. The first-order chi connectivity index (χ1) is 8.85. The van der Waals surface area contributed by atoms with Gasteiger partial charge in [-0.15, -0.1) is 0 Å². The number of phenols is 1. The summed E-state index contributed by atoms with van der Waals surface area (Å²) in [5.41, 5.74) is 0. The number of hydrogen-bond donors (Lipinski definition) is 1. The summed E-state index contributed by atoms with van der Waals surface area (Å²) in [5.74, 6) is 0.252. The minimum absolute atomic E-state index is 0.0717. The lowest BCUT2D eigenvalue weighted by Crippen LogP contribution is -2.15. The number of ether oxygens (including phenoxy) is 1. The number of rotatable bonds is 4. The van der Waals surface area contributed by atoms with Crippen molar-refractivity contribution in [2.24, 2.45) is 5.92 Å². The van der Waals surface area contributed by atoms with Crippen LogP contribution in [-0.2, 0) is 9.53 Å². The van der Waals surface area contributed by atoms with Gasteiger partial charge in [0.1, 0.15) is 11.6 Å². The molecule has 1 unspecified atom stereocenters. The number of phenolic OH excluding ortho intramolecular Hbond substituents is 1. The van der Waals surface area contributed by atoms with Crippen LogP contribution in [0.1, 0.15) is 40.5 Å². The number of carbonyl (C=O) groups is 1. The Morgan fingerprint density at radius 2 is 1.79 bits per heavy atom. The van der Waals surface area contributed by atoms with E-state index in [-0.39, 0.29) is 23.6 Å². The zero-order chi connectivity index (χ0) is 14.8. The van der Waals surface area contributed by atoms with E-state index in [1.165, 1.54) is 24.3 Å². The molecule has 3 nitrogen and oxygen atoms in total. The number of aromatic hydroxyl groups is 1. The molecule has 0 radical (unpaired) electrons. The number of esters is 1. The fraction of sp³-hybridized carbons (Fsp3) is 0.533. The zero-order valence-electron chi connectivity index (χ0n) is 12.0. The van der Waals surface area contributed by atoms with Crippen LogP contribution >= 0.6 is 0 Å². The summed E-state index contributed by atoms with van der Waals surface area (Å²) >= 11 is 0. The Bertz CT molecular complexity index is 339. The molecule has 1 aromatic rings. The van der Waals surface area contributed by atoms with Gasteiger partial charge in [0.2, 0.25) is 0 Å². The third-order valence-electron chi connectivity index (χ3n) is 2.25. The highest BCUT2D eigenvalue weighted by Crippen LogP contribution is 2.08. The highest BCUT2D eigenvalue weighted by Gasteiger charge is 2.08. The lowest BCUT2D eigenvalue weighted by atomic mass is 10.1. The maximum Gasteiger partial charge on any atom is 0.305 e. The predicted octanol–water partition coefficient (Wildman–Crippen LogP) is 3.91. The van der Waals surface area contributed by atoms with Gasteiger partial charge in [0.15, 0.2) is 0 Å². The van der Waals surface area contributed by atoms with Gasteiger partial charge in [0.05, 0.1) is 6.10 Å². The van der Waals surface area contributed by atoms with Crippen LogP contribution in [0.3, 0.4) is 0 Å². The zero-order valence-corrected chi connectivity index (χ0v) is 12.0. The van der Waals surface area contributed by atoms with Crippen LogP contribution in [0.4, 0.5) is 4.39 Å². The molecule has 4 heteroatoms. The molecule has 0 heterocycles. The van der Waals surface area contributed by atoms with Crippen LogP contribution in [0, 0.1) is 11.7 Å². The normalized spacial score (nSPS) is 11.5. The van der Waals surface area contributed by atoms with Crippen molar-refractivity contribution < 1.29 is 19.0 Å². The largest absolute Gasteiger partial charge is 0.508 e. The second-order valence-electron chi connectivity index (χ2n) is 4.76. The van der Waals surface area contributed by atoms with Gasteiger partial charge in [0.25, 0.3) is 0 Å². The average Bonchev–Trinajstić information content (AvgIpc) is 2.32. The summed E-state index contributed by atoms with van der Waals surface area (Å²) < 4.78 is 17.0. The maximum absolute atomic E-state index is 12.0. The molecule has 1 rings (SSSR count). The average molecular weight is 270 g/mol. The molecule has 0 amide bonds. The Morgan fingerprint density at radius 1 is 1.26 bits per heavy atom. The maximum atomic E-state index is 12.0. The van der Waals surface area contributed by atoms with Gasteiger partial charge in [-0.3, -0.25) is 4.79 Å². The van der Waals surface area contributed by atoms with Crippen LogP contribution in [0.5, 0.6) is 5.75 Å². The van der Waals surface area contributed by atoms with Crippen LogP contribution in [0.15, 0.2) is 24.3 Å². The molecule has 0 fully saturated rings. The van der Waals surface area contributed by atoms with Crippen molar-refractivity contribution in [2.75, 3.05) is 0 Å². The molecule has 0 aliphatic carbocycles. The smallest absolute Gasteiger partial charge is 0.305 e. The van der Waals surface area contributed by atoms with Crippen LogP contribution in [-0.4, -0.2) is 17.2 Å². The molecular formula is C15H23FO3. The predicted molar refractivity (Wildman–Crippen MR) is 73.4 cm³/mol. The molecular weight excluding hydrogens is 247 g/mol. The van der Waals surface area contributed by atoms with Crippen LogP contribution in [0.25, 0.3) is 0 Å². The second-order valence-corrected chi connectivity index (χ2v) is 4.76.